The topological polar surface area (TPSA) is 123 Å². The third-order valence-corrected chi connectivity index (χ3v) is 7.08. The lowest BCUT2D eigenvalue weighted by Gasteiger charge is -2.25. The molecule has 0 radical (unpaired) electrons. The summed E-state index contributed by atoms with van der Waals surface area (Å²) in [4.78, 5) is 53.0. The quantitative estimate of drug-likeness (QED) is 0.103. The van der Waals surface area contributed by atoms with Gasteiger partial charge in [-0.15, -0.1) is 0 Å². The Morgan fingerprint density at radius 1 is 0.784 bits per heavy atom. The van der Waals surface area contributed by atoms with Crippen molar-refractivity contribution in [1.82, 2.24) is 10.6 Å². The number of nitrogens with one attached hydrogen (secondary N) is 3. The van der Waals surface area contributed by atoms with Crippen molar-refractivity contribution in [2.75, 3.05) is 5.32 Å². The van der Waals surface area contributed by atoms with E-state index in [-0.39, 0.29) is 29.8 Å². The molecule has 0 aliphatic carbocycles. The highest BCUT2D eigenvalue weighted by atomic mass is 35.5. The van der Waals surface area contributed by atoms with E-state index in [0.717, 1.165) is 12.1 Å². The molecule has 3 rings (SSSR count). The first kappa shape index (κ1) is 40.6. The monoisotopic (exact) mass is 743 g/mol. The second-order valence-corrected chi connectivity index (χ2v) is 13.3. The second-order valence-electron chi connectivity index (χ2n) is 12.9. The van der Waals surface area contributed by atoms with E-state index < -0.39 is 82.0 Å². The van der Waals surface area contributed by atoms with Gasteiger partial charge in [0.15, 0.2) is 0 Å². The first-order valence-electron chi connectivity index (χ1n) is 15.5. The van der Waals surface area contributed by atoms with Gasteiger partial charge in [0.1, 0.15) is 23.4 Å². The number of ether oxygens (including phenoxy) is 2. The maximum atomic E-state index is 13.6. The Bertz CT molecular complexity index is 1690. The largest absolute Gasteiger partial charge is 0.444 e. The summed E-state index contributed by atoms with van der Waals surface area (Å²) in [5.41, 5.74) is -4.88. The van der Waals surface area contributed by atoms with Gasteiger partial charge in [-0.05, 0) is 75.1 Å². The molecule has 0 saturated heterocycles. The minimum atomic E-state index is -5.17. The van der Waals surface area contributed by atoms with Crippen LogP contribution in [0.3, 0.4) is 0 Å². The summed E-state index contributed by atoms with van der Waals surface area (Å²) in [6, 6.07) is 9.98. The molecule has 276 valence electrons. The standard InChI is InChI=1S/C35H36ClF6N3O6/c1-19(2)13-27(44-30(47)26(14-20-9-7-6-8-10-20)45-32(49)51-33(3,4)5)31(48)50-28-12-11-23(36)18-25(28)29(46)43-24-16-21(34(37,38)39)15-22(17-24)35(40,41)42/h6-12,15-19,26-27H,13-14H2,1-5H3,(H,43,46)(H,44,47)(H,45,49)/t26-,27-/m0/s1. The fourth-order valence-electron chi connectivity index (χ4n) is 4.64. The maximum absolute atomic E-state index is 13.6. The molecule has 0 spiro atoms. The zero-order valence-electron chi connectivity index (χ0n) is 28.1. The fraction of sp³-hybridized carbons (Fsp3) is 0.371. The highest BCUT2D eigenvalue weighted by molar-refractivity contribution is 6.31. The van der Waals surface area contributed by atoms with E-state index in [1.54, 1.807) is 65.0 Å². The molecule has 0 aliphatic heterocycles. The maximum Gasteiger partial charge on any atom is 0.416 e. The van der Waals surface area contributed by atoms with Gasteiger partial charge >= 0.3 is 24.4 Å². The van der Waals surface area contributed by atoms with Gasteiger partial charge in [-0.25, -0.2) is 9.59 Å². The van der Waals surface area contributed by atoms with E-state index in [0.29, 0.717) is 17.7 Å². The number of alkyl halides is 6. The number of carbonyl (C=O) groups excluding carboxylic acids is 4. The molecule has 3 aromatic rings. The molecule has 0 heterocycles. The van der Waals surface area contributed by atoms with Crippen molar-refractivity contribution in [3.8, 4) is 5.75 Å². The first-order valence-corrected chi connectivity index (χ1v) is 15.9. The van der Waals surface area contributed by atoms with Crippen molar-refractivity contribution in [2.24, 2.45) is 5.92 Å². The Morgan fingerprint density at radius 2 is 1.37 bits per heavy atom. The van der Waals surface area contributed by atoms with Crippen LogP contribution in [0.15, 0.2) is 66.7 Å². The molecular formula is C35H36ClF6N3O6. The molecule has 2 atom stereocenters. The third-order valence-electron chi connectivity index (χ3n) is 6.84. The number of halogens is 7. The SMILES string of the molecule is CC(C)C[C@H](NC(=O)[C@H](Cc1ccccc1)NC(=O)OC(C)(C)C)C(=O)Oc1ccc(Cl)cc1C(=O)Nc1cc(C(F)(F)F)cc(C(F)(F)F)c1. The number of carbonyl (C=O) groups is 4. The van der Waals surface area contributed by atoms with Crippen molar-refractivity contribution >= 4 is 41.2 Å². The third kappa shape index (κ3) is 12.8. The first-order chi connectivity index (χ1) is 23.5. The van der Waals surface area contributed by atoms with E-state index in [4.69, 9.17) is 21.1 Å². The molecule has 0 bridgehead atoms. The molecule has 9 nitrogen and oxygen atoms in total. The van der Waals surface area contributed by atoms with E-state index >= 15 is 0 Å². The average Bonchev–Trinajstić information content (AvgIpc) is 2.99. The summed E-state index contributed by atoms with van der Waals surface area (Å²) >= 11 is 6.03. The van der Waals surface area contributed by atoms with E-state index in [2.05, 4.69) is 10.6 Å². The molecule has 0 aliphatic rings. The lowest BCUT2D eigenvalue weighted by Crippen LogP contribution is -2.54. The van der Waals surface area contributed by atoms with Crippen molar-refractivity contribution in [3.05, 3.63) is 94.0 Å². The predicted octanol–water partition coefficient (Wildman–Crippen LogP) is 8.20. The van der Waals surface area contributed by atoms with Crippen molar-refractivity contribution in [2.45, 2.75) is 77.5 Å². The number of amides is 3. The van der Waals surface area contributed by atoms with Crippen LogP contribution in [0.1, 0.15) is 68.1 Å². The summed E-state index contributed by atoms with van der Waals surface area (Å²) in [6.45, 7) is 8.41. The highest BCUT2D eigenvalue weighted by Gasteiger charge is 2.37. The molecule has 0 saturated carbocycles. The van der Waals surface area contributed by atoms with Gasteiger partial charge in [0.25, 0.3) is 5.91 Å². The van der Waals surface area contributed by atoms with Gasteiger partial charge in [0.2, 0.25) is 5.91 Å². The summed E-state index contributed by atoms with van der Waals surface area (Å²) in [7, 11) is 0. The number of anilines is 1. The van der Waals surface area contributed by atoms with Crippen LogP contribution in [0.5, 0.6) is 5.75 Å². The van der Waals surface area contributed by atoms with E-state index in [1.165, 1.54) is 6.07 Å². The predicted molar refractivity (Wildman–Crippen MR) is 176 cm³/mol. The van der Waals surface area contributed by atoms with Gasteiger partial charge in [-0.3, -0.25) is 9.59 Å². The van der Waals surface area contributed by atoms with Gasteiger partial charge in [-0.2, -0.15) is 26.3 Å². The molecule has 3 N–H and O–H groups in total. The van der Waals surface area contributed by atoms with E-state index in [1.807, 2.05) is 5.32 Å². The summed E-state index contributed by atoms with van der Waals surface area (Å²) in [5, 5.41) is 6.99. The van der Waals surface area contributed by atoms with Gasteiger partial charge < -0.3 is 25.4 Å². The van der Waals surface area contributed by atoms with Gasteiger partial charge in [0, 0.05) is 17.1 Å². The Kier molecular flexibility index (Phi) is 13.1. The number of alkyl carbamates (subject to hydrolysis) is 1. The zero-order chi connectivity index (χ0) is 38.3. The second kappa shape index (κ2) is 16.5. The highest BCUT2D eigenvalue weighted by Crippen LogP contribution is 2.38. The minimum absolute atomic E-state index is 0.0163. The van der Waals surface area contributed by atoms with Crippen LogP contribution in [-0.2, 0) is 33.1 Å². The van der Waals surface area contributed by atoms with Crippen molar-refractivity contribution in [3.63, 3.8) is 0 Å². The average molecular weight is 744 g/mol. The Hall–Kier alpha value is -4.79. The molecule has 51 heavy (non-hydrogen) atoms. The molecule has 0 fully saturated rings. The molecule has 3 amide bonds. The van der Waals surface area contributed by atoms with Gasteiger partial charge in [-0.1, -0.05) is 55.8 Å². The van der Waals surface area contributed by atoms with Crippen LogP contribution in [0.2, 0.25) is 5.02 Å². The van der Waals surface area contributed by atoms with Crippen molar-refractivity contribution < 1.29 is 55.0 Å². The minimum Gasteiger partial charge on any atom is -0.444 e. The normalized spacial score (nSPS) is 13.2. The van der Waals surface area contributed by atoms with Crippen LogP contribution in [0, 0.1) is 5.92 Å². The van der Waals surface area contributed by atoms with Crippen LogP contribution >= 0.6 is 11.6 Å². The number of hydrogen-bond donors (Lipinski definition) is 3. The number of benzene rings is 3. The molecule has 0 aromatic heterocycles. The van der Waals surface area contributed by atoms with Crippen LogP contribution in [-0.4, -0.2) is 41.6 Å². The molecule has 16 heteroatoms. The Labute approximate surface area is 295 Å². The lowest BCUT2D eigenvalue weighted by molar-refractivity contribution is -0.143. The summed E-state index contributed by atoms with van der Waals surface area (Å²) in [5.74, 6) is -3.75. The number of esters is 1. The van der Waals surface area contributed by atoms with Gasteiger partial charge in [0.05, 0.1) is 16.7 Å². The van der Waals surface area contributed by atoms with E-state index in [9.17, 15) is 45.5 Å². The smallest absolute Gasteiger partial charge is 0.416 e. The Balaban J connectivity index is 1.90. The fourth-order valence-corrected chi connectivity index (χ4v) is 4.81. The summed E-state index contributed by atoms with van der Waals surface area (Å²) < 4.78 is 91.1. The van der Waals surface area contributed by atoms with Crippen LogP contribution < -0.4 is 20.7 Å². The number of rotatable bonds is 11. The molecule has 3 aromatic carbocycles. The lowest BCUT2D eigenvalue weighted by atomic mass is 10.0. The number of hydrogen-bond acceptors (Lipinski definition) is 6. The van der Waals surface area contributed by atoms with Crippen molar-refractivity contribution in [1.29, 1.82) is 0 Å². The summed E-state index contributed by atoms with van der Waals surface area (Å²) in [6.07, 6.45) is -11.2. The zero-order valence-corrected chi connectivity index (χ0v) is 28.8. The molecular weight excluding hydrogens is 708 g/mol. The van der Waals surface area contributed by atoms with Crippen LogP contribution in [0.4, 0.5) is 36.8 Å². The van der Waals surface area contributed by atoms with Crippen LogP contribution in [0.25, 0.3) is 0 Å². The Morgan fingerprint density at radius 3 is 1.90 bits per heavy atom. The molecule has 0 unspecified atom stereocenters.